The Morgan fingerprint density at radius 1 is 1.18 bits per heavy atom. The van der Waals surface area contributed by atoms with Gasteiger partial charge in [0.05, 0.1) is 17.9 Å². The van der Waals surface area contributed by atoms with E-state index in [4.69, 9.17) is 0 Å². The second-order valence-corrected chi connectivity index (χ2v) is 3.77. The molecule has 0 spiro atoms. The Balaban J connectivity index is 2.36. The number of aromatic nitrogens is 4. The number of halogens is 1. The number of H-pyrrole nitrogens is 1. The van der Waals surface area contributed by atoms with E-state index in [9.17, 15) is 4.39 Å². The first kappa shape index (κ1) is 9.89. The Bertz CT molecular complexity index is 676. The minimum absolute atomic E-state index is 0.327. The van der Waals surface area contributed by atoms with Crippen LogP contribution in [0, 0.1) is 12.7 Å². The zero-order valence-corrected chi connectivity index (χ0v) is 9.11. The van der Waals surface area contributed by atoms with Crippen LogP contribution in [0.25, 0.3) is 22.3 Å². The van der Waals surface area contributed by atoms with E-state index in [1.165, 1.54) is 6.20 Å². The number of nitrogens with zero attached hydrogens (tertiary/aromatic N) is 3. The molecule has 3 aromatic heterocycles. The van der Waals surface area contributed by atoms with Gasteiger partial charge in [-0.25, -0.2) is 9.37 Å². The largest absolute Gasteiger partial charge is 0.359 e. The van der Waals surface area contributed by atoms with Crippen molar-refractivity contribution in [2.24, 2.45) is 0 Å². The molecule has 0 aliphatic heterocycles. The molecular formula is C12H9FN4. The van der Waals surface area contributed by atoms with Crippen LogP contribution in [-0.2, 0) is 0 Å². The average Bonchev–Trinajstić information content (AvgIpc) is 2.74. The van der Waals surface area contributed by atoms with Gasteiger partial charge in [-0.2, -0.15) is 0 Å². The van der Waals surface area contributed by atoms with Crippen molar-refractivity contribution in [2.45, 2.75) is 6.92 Å². The fourth-order valence-corrected chi connectivity index (χ4v) is 1.88. The predicted molar refractivity (Wildman–Crippen MR) is 61.8 cm³/mol. The zero-order chi connectivity index (χ0) is 11.8. The molecule has 0 aromatic carbocycles. The molecule has 0 aliphatic carbocycles. The maximum Gasteiger partial charge on any atom is 0.151 e. The van der Waals surface area contributed by atoms with Gasteiger partial charge in [0.15, 0.2) is 5.82 Å². The summed E-state index contributed by atoms with van der Waals surface area (Å²) < 4.78 is 13.7. The number of hydrogen-bond donors (Lipinski definition) is 1. The van der Waals surface area contributed by atoms with E-state index in [0.29, 0.717) is 22.3 Å². The lowest BCUT2D eigenvalue weighted by Crippen LogP contribution is -1.91. The van der Waals surface area contributed by atoms with Crippen molar-refractivity contribution < 1.29 is 4.39 Å². The summed E-state index contributed by atoms with van der Waals surface area (Å²) in [4.78, 5) is 15.3. The van der Waals surface area contributed by atoms with E-state index in [0.717, 1.165) is 5.56 Å². The summed E-state index contributed by atoms with van der Waals surface area (Å²) in [6.45, 7) is 1.85. The van der Waals surface area contributed by atoms with Gasteiger partial charge in [0, 0.05) is 24.0 Å². The molecule has 3 aromatic rings. The van der Waals surface area contributed by atoms with Crippen LogP contribution < -0.4 is 0 Å². The van der Waals surface area contributed by atoms with Gasteiger partial charge >= 0.3 is 0 Å². The van der Waals surface area contributed by atoms with E-state index < -0.39 is 0 Å². The summed E-state index contributed by atoms with van der Waals surface area (Å²) in [6.07, 6.45) is 7.75. The molecule has 3 heterocycles. The molecular weight excluding hydrogens is 219 g/mol. The van der Waals surface area contributed by atoms with Crippen LogP contribution in [0.4, 0.5) is 4.39 Å². The molecule has 0 radical (unpaired) electrons. The molecule has 0 unspecified atom stereocenters. The number of fused-ring (bicyclic) bond motifs is 1. The number of nitrogens with one attached hydrogen (secondary N) is 1. The molecule has 3 rings (SSSR count). The van der Waals surface area contributed by atoms with Crippen LogP contribution in [0.3, 0.4) is 0 Å². The second-order valence-electron chi connectivity index (χ2n) is 3.77. The van der Waals surface area contributed by atoms with Gasteiger partial charge in [-0.15, -0.1) is 0 Å². The number of hydrogen-bond acceptors (Lipinski definition) is 3. The van der Waals surface area contributed by atoms with Crippen LogP contribution in [0.1, 0.15) is 5.56 Å². The van der Waals surface area contributed by atoms with E-state index in [1.54, 1.807) is 24.8 Å². The summed E-state index contributed by atoms with van der Waals surface area (Å²) >= 11 is 0. The highest BCUT2D eigenvalue weighted by Gasteiger charge is 2.13. The van der Waals surface area contributed by atoms with Crippen LogP contribution in [0.5, 0.6) is 0 Å². The van der Waals surface area contributed by atoms with Gasteiger partial charge in [0.25, 0.3) is 0 Å². The molecule has 0 atom stereocenters. The Morgan fingerprint density at radius 3 is 2.82 bits per heavy atom. The number of pyridine rings is 1. The molecule has 17 heavy (non-hydrogen) atoms. The fourth-order valence-electron chi connectivity index (χ4n) is 1.88. The fraction of sp³-hybridized carbons (Fsp3) is 0.0833. The van der Waals surface area contributed by atoms with Crippen molar-refractivity contribution in [2.75, 3.05) is 0 Å². The van der Waals surface area contributed by atoms with Gasteiger partial charge < -0.3 is 4.98 Å². The number of aryl methyl sites for hydroxylation is 1. The molecule has 5 heteroatoms. The second kappa shape index (κ2) is 3.62. The number of aromatic amines is 1. The Kier molecular flexibility index (Phi) is 2.11. The Labute approximate surface area is 96.6 Å². The molecule has 0 bridgehead atoms. The average molecular weight is 228 g/mol. The van der Waals surface area contributed by atoms with E-state index in [2.05, 4.69) is 19.9 Å². The summed E-state index contributed by atoms with van der Waals surface area (Å²) in [7, 11) is 0. The monoisotopic (exact) mass is 228 g/mol. The molecule has 0 saturated heterocycles. The van der Waals surface area contributed by atoms with Crippen LogP contribution >= 0.6 is 0 Å². The molecule has 4 nitrogen and oxygen atoms in total. The first-order valence-corrected chi connectivity index (χ1v) is 5.16. The van der Waals surface area contributed by atoms with Crippen LogP contribution in [-0.4, -0.2) is 19.9 Å². The topological polar surface area (TPSA) is 54.5 Å². The van der Waals surface area contributed by atoms with Gasteiger partial charge in [0.2, 0.25) is 0 Å². The lowest BCUT2D eigenvalue weighted by atomic mass is 10.1. The van der Waals surface area contributed by atoms with Crippen molar-refractivity contribution in [3.63, 3.8) is 0 Å². The third kappa shape index (κ3) is 1.47. The quantitative estimate of drug-likeness (QED) is 0.696. The molecule has 0 aliphatic rings. The zero-order valence-electron chi connectivity index (χ0n) is 9.11. The van der Waals surface area contributed by atoms with Gasteiger partial charge in [-0.3, -0.25) is 9.97 Å². The van der Waals surface area contributed by atoms with Gasteiger partial charge in [-0.1, -0.05) is 0 Å². The maximum atomic E-state index is 13.7. The highest BCUT2D eigenvalue weighted by Crippen LogP contribution is 2.27. The number of rotatable bonds is 1. The normalized spacial score (nSPS) is 10.9. The van der Waals surface area contributed by atoms with Crippen molar-refractivity contribution in [1.82, 2.24) is 19.9 Å². The third-order valence-corrected chi connectivity index (χ3v) is 2.67. The van der Waals surface area contributed by atoms with E-state index >= 15 is 0 Å². The van der Waals surface area contributed by atoms with Crippen molar-refractivity contribution >= 4 is 10.9 Å². The minimum Gasteiger partial charge on any atom is -0.359 e. The lowest BCUT2D eigenvalue weighted by Gasteiger charge is -2.02. The van der Waals surface area contributed by atoms with Crippen molar-refractivity contribution in [3.8, 4) is 11.4 Å². The molecule has 84 valence electrons. The molecule has 0 saturated carbocycles. The highest BCUT2D eigenvalue weighted by atomic mass is 19.1. The first-order valence-electron chi connectivity index (χ1n) is 5.16. The summed E-state index contributed by atoms with van der Waals surface area (Å²) in [6, 6.07) is 0. The molecule has 0 fully saturated rings. The highest BCUT2D eigenvalue weighted by molar-refractivity contribution is 5.93. The van der Waals surface area contributed by atoms with Gasteiger partial charge in [0.1, 0.15) is 11.4 Å². The van der Waals surface area contributed by atoms with Crippen LogP contribution in [0.2, 0.25) is 0 Å². The lowest BCUT2D eigenvalue weighted by molar-refractivity contribution is 0.634. The predicted octanol–water partition coefficient (Wildman–Crippen LogP) is 2.47. The molecule has 1 N–H and O–H groups in total. The first-order chi connectivity index (χ1) is 8.27. The third-order valence-electron chi connectivity index (χ3n) is 2.67. The summed E-state index contributed by atoms with van der Waals surface area (Å²) in [5.74, 6) is -0.327. The van der Waals surface area contributed by atoms with Crippen molar-refractivity contribution in [1.29, 1.82) is 0 Å². The smallest absolute Gasteiger partial charge is 0.151 e. The van der Waals surface area contributed by atoms with E-state index in [-0.39, 0.29) is 5.82 Å². The summed E-state index contributed by atoms with van der Waals surface area (Å²) in [5, 5.41) is 0.556. The van der Waals surface area contributed by atoms with E-state index in [1.807, 2.05) is 6.92 Å². The standard InChI is InChI=1S/C12H9FN4/c1-7-4-16-12-10(7)8(13)5-17-11(12)9-6-14-2-3-15-9/h2-6,16H,1H3. The minimum atomic E-state index is -0.327. The molecule has 0 amide bonds. The summed E-state index contributed by atoms with van der Waals surface area (Å²) in [5.41, 5.74) is 2.75. The van der Waals surface area contributed by atoms with Crippen molar-refractivity contribution in [3.05, 3.63) is 42.4 Å². The van der Waals surface area contributed by atoms with Gasteiger partial charge in [-0.05, 0) is 12.5 Å². The Morgan fingerprint density at radius 2 is 2.06 bits per heavy atom. The maximum absolute atomic E-state index is 13.7. The Hall–Kier alpha value is -2.30. The van der Waals surface area contributed by atoms with Crippen LogP contribution in [0.15, 0.2) is 31.0 Å². The SMILES string of the molecule is Cc1c[nH]c2c(-c3cnccn3)ncc(F)c12.